The van der Waals surface area contributed by atoms with Crippen molar-refractivity contribution in [2.24, 2.45) is 0 Å². The zero-order chi connectivity index (χ0) is 13.8. The van der Waals surface area contributed by atoms with Crippen LogP contribution in [0.3, 0.4) is 0 Å². The predicted molar refractivity (Wildman–Crippen MR) is 81.6 cm³/mol. The number of ether oxygens (including phenoxy) is 1. The van der Waals surface area contributed by atoms with Gasteiger partial charge in [-0.25, -0.2) is 0 Å². The second-order valence-corrected chi connectivity index (χ2v) is 4.87. The molecule has 0 atom stereocenters. The first-order chi connectivity index (χ1) is 9.12. The lowest BCUT2D eigenvalue weighted by Gasteiger charge is -2.12. The van der Waals surface area contributed by atoms with E-state index in [0.717, 1.165) is 29.1 Å². The first-order valence-electron chi connectivity index (χ1n) is 6.64. The average molecular weight is 255 g/mol. The number of nitrogens with one attached hydrogen (secondary N) is 1. The second kappa shape index (κ2) is 5.79. The van der Waals surface area contributed by atoms with Gasteiger partial charge in [0.2, 0.25) is 0 Å². The van der Waals surface area contributed by atoms with E-state index in [2.05, 4.69) is 49.5 Å². The Hall–Kier alpha value is -1.96. The maximum atomic E-state index is 5.35. The molecule has 0 bridgehead atoms. The maximum Gasteiger partial charge on any atom is 0.123 e. The molecule has 0 fully saturated rings. The fraction of sp³-hybridized carbons (Fsp3) is 0.294. The molecule has 0 aliphatic rings. The van der Waals surface area contributed by atoms with Crippen LogP contribution in [0.4, 0.5) is 11.4 Å². The van der Waals surface area contributed by atoms with Crippen molar-refractivity contribution in [3.05, 3.63) is 53.1 Å². The van der Waals surface area contributed by atoms with Gasteiger partial charge in [-0.1, -0.05) is 19.1 Å². The van der Waals surface area contributed by atoms with E-state index in [-0.39, 0.29) is 0 Å². The van der Waals surface area contributed by atoms with Gasteiger partial charge < -0.3 is 10.1 Å². The van der Waals surface area contributed by atoms with Gasteiger partial charge in [0.25, 0.3) is 0 Å². The molecule has 0 heterocycles. The summed E-state index contributed by atoms with van der Waals surface area (Å²) in [4.78, 5) is 0. The van der Waals surface area contributed by atoms with Crippen molar-refractivity contribution >= 4 is 11.4 Å². The lowest BCUT2D eigenvalue weighted by atomic mass is 10.1. The molecule has 0 aliphatic heterocycles. The third-order valence-electron chi connectivity index (χ3n) is 3.24. The Morgan fingerprint density at radius 2 is 1.79 bits per heavy atom. The van der Waals surface area contributed by atoms with E-state index in [4.69, 9.17) is 4.74 Å². The Labute approximate surface area is 115 Å². The van der Waals surface area contributed by atoms with E-state index in [1.165, 1.54) is 11.1 Å². The number of benzene rings is 2. The topological polar surface area (TPSA) is 21.3 Å². The van der Waals surface area contributed by atoms with Gasteiger partial charge in [0, 0.05) is 17.4 Å². The van der Waals surface area contributed by atoms with Gasteiger partial charge >= 0.3 is 0 Å². The molecule has 0 radical (unpaired) electrons. The third kappa shape index (κ3) is 3.28. The van der Waals surface area contributed by atoms with E-state index >= 15 is 0 Å². The summed E-state index contributed by atoms with van der Waals surface area (Å²) in [5.41, 5.74) is 5.95. The number of methoxy groups -OCH3 is 1. The molecule has 1 N–H and O–H groups in total. The minimum absolute atomic E-state index is 0.911. The second-order valence-electron chi connectivity index (χ2n) is 4.87. The van der Waals surface area contributed by atoms with Crippen LogP contribution < -0.4 is 10.1 Å². The Balaban J connectivity index is 2.28. The summed E-state index contributed by atoms with van der Waals surface area (Å²) >= 11 is 0. The normalized spacial score (nSPS) is 10.3. The van der Waals surface area contributed by atoms with Crippen LogP contribution in [0.5, 0.6) is 5.75 Å². The molecule has 0 saturated heterocycles. The Kier molecular flexibility index (Phi) is 4.10. The van der Waals surface area contributed by atoms with Gasteiger partial charge in [-0.3, -0.25) is 0 Å². The molecule has 0 aliphatic carbocycles. The minimum atomic E-state index is 0.911. The number of aryl methyl sites for hydroxylation is 3. The molecule has 2 aromatic rings. The third-order valence-corrected chi connectivity index (χ3v) is 3.24. The van der Waals surface area contributed by atoms with Gasteiger partial charge in [0.15, 0.2) is 0 Å². The summed E-state index contributed by atoms with van der Waals surface area (Å²) in [6.07, 6.45) is 1.05. The van der Waals surface area contributed by atoms with Crippen LogP contribution >= 0.6 is 0 Å². The predicted octanol–water partition coefficient (Wildman–Crippen LogP) is 4.62. The van der Waals surface area contributed by atoms with Crippen molar-refractivity contribution < 1.29 is 4.74 Å². The molecule has 19 heavy (non-hydrogen) atoms. The van der Waals surface area contributed by atoms with Crippen molar-refractivity contribution in [3.63, 3.8) is 0 Å². The van der Waals surface area contributed by atoms with E-state index in [1.807, 2.05) is 13.0 Å². The zero-order valence-electron chi connectivity index (χ0n) is 12.1. The number of hydrogen-bond acceptors (Lipinski definition) is 2. The molecule has 0 aromatic heterocycles. The standard InChI is InChI=1S/C17H21NO/c1-5-14-8-12(2)9-16(10-14)18-15-7-6-13(3)17(11-15)19-4/h6-11,18H,5H2,1-4H3. The highest BCUT2D eigenvalue weighted by molar-refractivity contribution is 5.63. The van der Waals surface area contributed by atoms with Crippen molar-refractivity contribution in [2.45, 2.75) is 27.2 Å². The molecule has 0 spiro atoms. The Morgan fingerprint density at radius 1 is 1.00 bits per heavy atom. The van der Waals surface area contributed by atoms with Crippen LogP contribution in [0.25, 0.3) is 0 Å². The number of anilines is 2. The van der Waals surface area contributed by atoms with Crippen LogP contribution in [0.1, 0.15) is 23.6 Å². The molecule has 0 amide bonds. The molecular weight excluding hydrogens is 234 g/mol. The highest BCUT2D eigenvalue weighted by Gasteiger charge is 2.02. The smallest absolute Gasteiger partial charge is 0.123 e. The van der Waals surface area contributed by atoms with Crippen LogP contribution in [-0.4, -0.2) is 7.11 Å². The molecule has 2 aromatic carbocycles. The fourth-order valence-electron chi connectivity index (χ4n) is 2.20. The number of hydrogen-bond donors (Lipinski definition) is 1. The molecular formula is C17H21NO. The van der Waals surface area contributed by atoms with Crippen molar-refractivity contribution in [1.29, 1.82) is 0 Å². The summed E-state index contributed by atoms with van der Waals surface area (Å²) in [6.45, 7) is 6.35. The van der Waals surface area contributed by atoms with E-state index in [9.17, 15) is 0 Å². The molecule has 2 rings (SSSR count). The van der Waals surface area contributed by atoms with Gasteiger partial charge in [0.05, 0.1) is 7.11 Å². The van der Waals surface area contributed by atoms with E-state index < -0.39 is 0 Å². The van der Waals surface area contributed by atoms with Crippen LogP contribution in [0.15, 0.2) is 36.4 Å². The van der Waals surface area contributed by atoms with E-state index in [0.29, 0.717) is 0 Å². The molecule has 2 heteroatoms. The summed E-state index contributed by atoms with van der Waals surface area (Å²) in [5.74, 6) is 0.911. The Morgan fingerprint density at radius 3 is 2.47 bits per heavy atom. The van der Waals surface area contributed by atoms with Crippen LogP contribution in [-0.2, 0) is 6.42 Å². The summed E-state index contributed by atoms with van der Waals surface area (Å²) < 4.78 is 5.35. The monoisotopic (exact) mass is 255 g/mol. The summed E-state index contributed by atoms with van der Waals surface area (Å²) in [6, 6.07) is 12.7. The summed E-state index contributed by atoms with van der Waals surface area (Å²) in [7, 11) is 1.70. The SMILES string of the molecule is CCc1cc(C)cc(Nc2ccc(C)c(OC)c2)c1. The quantitative estimate of drug-likeness (QED) is 0.860. The van der Waals surface area contributed by atoms with Crippen LogP contribution in [0.2, 0.25) is 0 Å². The largest absolute Gasteiger partial charge is 0.496 e. The first kappa shape index (κ1) is 13.5. The van der Waals surface area contributed by atoms with E-state index in [1.54, 1.807) is 7.11 Å². The van der Waals surface area contributed by atoms with Gasteiger partial charge in [0.1, 0.15) is 5.75 Å². The van der Waals surface area contributed by atoms with Crippen molar-refractivity contribution in [1.82, 2.24) is 0 Å². The van der Waals surface area contributed by atoms with Crippen molar-refractivity contribution in [2.75, 3.05) is 12.4 Å². The molecule has 100 valence electrons. The maximum absolute atomic E-state index is 5.35. The minimum Gasteiger partial charge on any atom is -0.496 e. The first-order valence-corrected chi connectivity index (χ1v) is 6.64. The van der Waals surface area contributed by atoms with Crippen molar-refractivity contribution in [3.8, 4) is 5.75 Å². The summed E-state index contributed by atoms with van der Waals surface area (Å²) in [5, 5.41) is 3.44. The van der Waals surface area contributed by atoms with Gasteiger partial charge in [-0.2, -0.15) is 0 Å². The molecule has 0 saturated carbocycles. The average Bonchev–Trinajstić information content (AvgIpc) is 2.40. The Bertz CT molecular complexity index is 575. The van der Waals surface area contributed by atoms with Gasteiger partial charge in [-0.15, -0.1) is 0 Å². The number of rotatable bonds is 4. The lowest BCUT2D eigenvalue weighted by molar-refractivity contribution is 0.412. The highest BCUT2D eigenvalue weighted by Crippen LogP contribution is 2.26. The molecule has 2 nitrogen and oxygen atoms in total. The van der Waals surface area contributed by atoms with Crippen LogP contribution in [0, 0.1) is 13.8 Å². The zero-order valence-corrected chi connectivity index (χ0v) is 12.1. The highest BCUT2D eigenvalue weighted by atomic mass is 16.5. The lowest BCUT2D eigenvalue weighted by Crippen LogP contribution is -1.95. The molecule has 0 unspecified atom stereocenters. The fourth-order valence-corrected chi connectivity index (χ4v) is 2.20. The van der Waals surface area contributed by atoms with Gasteiger partial charge in [-0.05, 0) is 55.2 Å².